The molecule has 0 saturated heterocycles. The lowest BCUT2D eigenvalue weighted by Crippen LogP contribution is -2.13. The number of halogens is 1. The maximum Gasteiger partial charge on any atom is 0.264 e. The molecule has 0 unspecified atom stereocenters. The summed E-state index contributed by atoms with van der Waals surface area (Å²) in [5.74, 6) is -0.268. The van der Waals surface area contributed by atoms with Crippen molar-refractivity contribution >= 4 is 27.8 Å². The van der Waals surface area contributed by atoms with E-state index in [1.165, 1.54) is 12.1 Å². The van der Waals surface area contributed by atoms with Crippen molar-refractivity contribution in [2.45, 2.75) is 0 Å². The van der Waals surface area contributed by atoms with Crippen LogP contribution in [0.3, 0.4) is 0 Å². The second-order valence-electron chi connectivity index (χ2n) is 5.11. The van der Waals surface area contributed by atoms with E-state index < -0.39 is 5.56 Å². The molecule has 1 aromatic heterocycles. The number of aromatic amines is 1. The lowest BCUT2D eigenvalue weighted by atomic mass is 10.0. The Labute approximate surface area is 147 Å². The second kappa shape index (κ2) is 7.19. The first kappa shape index (κ1) is 16.1. The molecule has 3 aromatic rings. The van der Waals surface area contributed by atoms with Crippen molar-refractivity contribution in [1.29, 1.82) is 0 Å². The number of ketones is 1. The molecule has 0 bridgehead atoms. The summed E-state index contributed by atoms with van der Waals surface area (Å²) in [6, 6.07) is 18.1. The fraction of sp³-hybridized carbons (Fsp3) is 0. The van der Waals surface area contributed by atoms with Crippen molar-refractivity contribution in [2.75, 3.05) is 0 Å². The summed E-state index contributed by atoms with van der Waals surface area (Å²) in [6.45, 7) is 0. The fourth-order valence-corrected chi connectivity index (χ4v) is 2.51. The van der Waals surface area contributed by atoms with E-state index in [0.29, 0.717) is 5.69 Å². The van der Waals surface area contributed by atoms with Crippen LogP contribution >= 0.6 is 15.9 Å². The molecule has 24 heavy (non-hydrogen) atoms. The van der Waals surface area contributed by atoms with Crippen molar-refractivity contribution in [3.8, 4) is 11.3 Å². The summed E-state index contributed by atoms with van der Waals surface area (Å²) in [5, 5.41) is 6.42. The van der Waals surface area contributed by atoms with Gasteiger partial charge in [0.15, 0.2) is 5.78 Å². The maximum atomic E-state index is 12.5. The molecule has 4 nitrogen and oxygen atoms in total. The molecule has 0 amide bonds. The van der Waals surface area contributed by atoms with Crippen LogP contribution in [0.5, 0.6) is 0 Å². The summed E-state index contributed by atoms with van der Waals surface area (Å²) in [6.07, 6.45) is 3.16. The van der Waals surface area contributed by atoms with Gasteiger partial charge in [-0.1, -0.05) is 64.5 Å². The first-order valence-corrected chi connectivity index (χ1v) is 8.06. The molecule has 118 valence electrons. The van der Waals surface area contributed by atoms with Crippen LogP contribution < -0.4 is 5.56 Å². The number of nitrogens with one attached hydrogen (secondary N) is 1. The zero-order chi connectivity index (χ0) is 16.9. The highest BCUT2D eigenvalue weighted by Crippen LogP contribution is 2.20. The predicted octanol–water partition coefficient (Wildman–Crippen LogP) is 4.10. The second-order valence-corrected chi connectivity index (χ2v) is 6.03. The van der Waals surface area contributed by atoms with Crippen LogP contribution in [0.15, 0.2) is 76.0 Å². The van der Waals surface area contributed by atoms with E-state index in [2.05, 4.69) is 26.1 Å². The fourth-order valence-electron chi connectivity index (χ4n) is 2.24. The Bertz CT molecular complexity index is 945. The van der Waals surface area contributed by atoms with E-state index >= 15 is 0 Å². The zero-order valence-corrected chi connectivity index (χ0v) is 14.2. The molecule has 0 spiro atoms. The van der Waals surface area contributed by atoms with E-state index in [1.807, 2.05) is 54.6 Å². The van der Waals surface area contributed by atoms with Gasteiger partial charge >= 0.3 is 0 Å². The molecule has 3 rings (SSSR count). The average Bonchev–Trinajstić information content (AvgIpc) is 2.61. The highest BCUT2D eigenvalue weighted by molar-refractivity contribution is 9.10. The number of allylic oxidation sites excluding steroid dienone is 1. The number of aromatic nitrogens is 2. The van der Waals surface area contributed by atoms with Gasteiger partial charge in [0.25, 0.3) is 5.56 Å². The highest BCUT2D eigenvalue weighted by atomic mass is 79.9. The summed E-state index contributed by atoms with van der Waals surface area (Å²) >= 11 is 3.37. The van der Waals surface area contributed by atoms with Gasteiger partial charge in [-0.25, -0.2) is 5.10 Å². The molecule has 0 atom stereocenters. The lowest BCUT2D eigenvalue weighted by molar-refractivity contribution is 0.104. The molecule has 0 aliphatic heterocycles. The molecule has 0 aliphatic carbocycles. The van der Waals surface area contributed by atoms with E-state index in [0.717, 1.165) is 15.6 Å². The predicted molar refractivity (Wildman–Crippen MR) is 97.8 cm³/mol. The maximum absolute atomic E-state index is 12.5. The Kier molecular flexibility index (Phi) is 4.82. The van der Waals surface area contributed by atoms with Crippen LogP contribution in [0.4, 0.5) is 0 Å². The van der Waals surface area contributed by atoms with Crippen molar-refractivity contribution in [3.05, 3.63) is 92.7 Å². The van der Waals surface area contributed by atoms with Gasteiger partial charge in [0.05, 0.1) is 5.56 Å². The minimum atomic E-state index is -0.407. The molecule has 1 heterocycles. The number of benzene rings is 2. The van der Waals surface area contributed by atoms with Crippen LogP contribution in [-0.4, -0.2) is 16.0 Å². The first-order chi connectivity index (χ1) is 11.6. The van der Waals surface area contributed by atoms with Crippen molar-refractivity contribution < 1.29 is 4.79 Å². The minimum Gasteiger partial charge on any atom is -0.289 e. The molecule has 5 heteroatoms. The third-order valence-electron chi connectivity index (χ3n) is 3.42. The smallest absolute Gasteiger partial charge is 0.264 e. The molecular formula is C19H13BrN2O2. The topological polar surface area (TPSA) is 62.8 Å². The Morgan fingerprint density at radius 3 is 2.46 bits per heavy atom. The number of carbonyl (C=O) groups is 1. The van der Waals surface area contributed by atoms with Crippen LogP contribution in [0.25, 0.3) is 17.3 Å². The number of nitrogens with zero attached hydrogens (tertiary/aromatic N) is 1. The summed E-state index contributed by atoms with van der Waals surface area (Å²) in [7, 11) is 0. The van der Waals surface area contributed by atoms with Gasteiger partial charge in [0, 0.05) is 16.1 Å². The Morgan fingerprint density at radius 1 is 1.04 bits per heavy atom. The minimum absolute atomic E-state index is 0.268. The van der Waals surface area contributed by atoms with Gasteiger partial charge in [0.2, 0.25) is 0 Å². The lowest BCUT2D eigenvalue weighted by Gasteiger charge is -2.05. The zero-order valence-electron chi connectivity index (χ0n) is 12.6. The van der Waals surface area contributed by atoms with Gasteiger partial charge in [-0.2, -0.15) is 5.10 Å². The first-order valence-electron chi connectivity index (χ1n) is 7.26. The van der Waals surface area contributed by atoms with Gasteiger partial charge in [-0.3, -0.25) is 9.59 Å². The van der Waals surface area contributed by atoms with Gasteiger partial charge in [-0.15, -0.1) is 0 Å². The van der Waals surface area contributed by atoms with Crippen LogP contribution in [-0.2, 0) is 0 Å². The van der Waals surface area contributed by atoms with Crippen LogP contribution in [0.2, 0.25) is 0 Å². The Morgan fingerprint density at radius 2 is 1.75 bits per heavy atom. The van der Waals surface area contributed by atoms with E-state index in [1.54, 1.807) is 6.08 Å². The third kappa shape index (κ3) is 3.75. The van der Waals surface area contributed by atoms with Gasteiger partial charge < -0.3 is 0 Å². The van der Waals surface area contributed by atoms with Crippen molar-refractivity contribution in [1.82, 2.24) is 10.2 Å². The molecule has 0 aliphatic rings. The number of H-pyrrole nitrogens is 1. The van der Waals surface area contributed by atoms with E-state index in [-0.39, 0.29) is 11.3 Å². The number of hydrogen-bond donors (Lipinski definition) is 1. The Hall–Kier alpha value is -2.79. The van der Waals surface area contributed by atoms with Crippen LogP contribution in [0.1, 0.15) is 15.9 Å². The molecule has 0 saturated carbocycles. The quantitative estimate of drug-likeness (QED) is 0.547. The monoisotopic (exact) mass is 380 g/mol. The summed E-state index contributed by atoms with van der Waals surface area (Å²) in [4.78, 5) is 24.1. The van der Waals surface area contributed by atoms with Crippen LogP contribution in [0, 0.1) is 0 Å². The summed E-state index contributed by atoms with van der Waals surface area (Å²) < 4.78 is 0.969. The molecule has 1 N–H and O–H groups in total. The molecule has 0 fully saturated rings. The van der Waals surface area contributed by atoms with E-state index in [9.17, 15) is 9.59 Å². The Balaban J connectivity index is 1.96. The van der Waals surface area contributed by atoms with Gasteiger partial charge in [-0.05, 0) is 23.8 Å². The number of carbonyl (C=O) groups excluding carboxylic acids is 1. The largest absolute Gasteiger partial charge is 0.289 e. The molecular weight excluding hydrogens is 368 g/mol. The normalized spacial score (nSPS) is 10.9. The molecule has 0 radical (unpaired) electrons. The third-order valence-corrected chi connectivity index (χ3v) is 3.95. The SMILES string of the molecule is O=C(/C=C/c1ccc(Br)cc1)c1cc(=O)[nH]nc1-c1ccccc1. The summed E-state index contributed by atoms with van der Waals surface area (Å²) in [5.41, 5.74) is 1.99. The highest BCUT2D eigenvalue weighted by Gasteiger charge is 2.13. The standard InChI is InChI=1S/C19H13BrN2O2/c20-15-9-6-13(7-10-15)8-11-17(23)16-12-18(24)21-22-19(16)14-4-2-1-3-5-14/h1-12H,(H,21,24)/b11-8+. The molecule has 2 aromatic carbocycles. The van der Waals surface area contributed by atoms with E-state index in [4.69, 9.17) is 0 Å². The number of rotatable bonds is 4. The number of hydrogen-bond acceptors (Lipinski definition) is 3. The average molecular weight is 381 g/mol. The van der Waals surface area contributed by atoms with Gasteiger partial charge in [0.1, 0.15) is 5.69 Å². The van der Waals surface area contributed by atoms with Crippen molar-refractivity contribution in [2.24, 2.45) is 0 Å². The van der Waals surface area contributed by atoms with Crippen molar-refractivity contribution in [3.63, 3.8) is 0 Å².